The van der Waals surface area contributed by atoms with Crippen LogP contribution in [0.5, 0.6) is 0 Å². The van der Waals surface area contributed by atoms with Gasteiger partial charge in [0.15, 0.2) is 5.82 Å². The van der Waals surface area contributed by atoms with E-state index >= 15 is 0 Å². The largest absolute Gasteiger partial charge is 0.309 e. The van der Waals surface area contributed by atoms with E-state index < -0.39 is 0 Å². The summed E-state index contributed by atoms with van der Waals surface area (Å²) in [5.74, 6) is 0.619. The van der Waals surface area contributed by atoms with Crippen LogP contribution < -0.4 is 0 Å². The molecule has 22 aromatic rings. The van der Waals surface area contributed by atoms with Crippen molar-refractivity contribution in [2.75, 3.05) is 0 Å². The molecule has 7 aromatic heterocycles. The first-order valence-electron chi connectivity index (χ1n) is 43.4. The molecular weight excluding hydrogens is 1510 g/mol. The van der Waals surface area contributed by atoms with Crippen LogP contribution in [-0.4, -0.2) is 38.2 Å². The zero-order chi connectivity index (χ0) is 82.7. The number of pyridine rings is 2. The lowest BCUT2D eigenvalue weighted by Gasteiger charge is -2.23. The van der Waals surface area contributed by atoms with Crippen LogP contribution in [0.15, 0.2) is 352 Å². The number of rotatable bonds is 9. The first-order chi connectivity index (χ1) is 60.5. The summed E-state index contributed by atoms with van der Waals surface area (Å²) in [5.41, 5.74) is 41.4. The summed E-state index contributed by atoms with van der Waals surface area (Å²) < 4.78 is 10.1. The van der Waals surface area contributed by atoms with Crippen LogP contribution in [0.1, 0.15) is 99.9 Å². The first-order valence-corrected chi connectivity index (χ1v) is 43.4. The molecule has 0 aliphatic heterocycles. The van der Waals surface area contributed by atoms with E-state index in [0.717, 1.165) is 117 Å². The molecule has 0 fully saturated rings. The van der Waals surface area contributed by atoms with Crippen molar-refractivity contribution in [3.05, 3.63) is 397 Å². The fourth-order valence-electron chi connectivity index (χ4n) is 22.9. The van der Waals surface area contributed by atoms with Gasteiger partial charge < -0.3 is 18.3 Å². The number of hydrogen-bond donors (Lipinski definition) is 0. The van der Waals surface area contributed by atoms with Gasteiger partial charge in [-0.2, -0.15) is 0 Å². The van der Waals surface area contributed by atoms with Crippen molar-refractivity contribution in [3.8, 4) is 123 Å². The Kier molecular flexibility index (Phi) is 14.4. The van der Waals surface area contributed by atoms with Crippen molar-refractivity contribution in [1.29, 1.82) is 0 Å². The van der Waals surface area contributed by atoms with Crippen LogP contribution in [0.2, 0.25) is 0 Å². The summed E-state index contributed by atoms with van der Waals surface area (Å²) in [6, 6.07) is 123. The number of para-hydroxylation sites is 4. The highest BCUT2D eigenvalue weighted by atomic mass is 15.0. The molecule has 15 aromatic carbocycles. The van der Waals surface area contributed by atoms with Gasteiger partial charge in [0.1, 0.15) is 0 Å². The van der Waals surface area contributed by atoms with Crippen molar-refractivity contribution in [3.63, 3.8) is 0 Å². The minimum absolute atomic E-state index is 0.229. The van der Waals surface area contributed by atoms with E-state index in [0.29, 0.717) is 5.82 Å². The summed E-state index contributed by atoms with van der Waals surface area (Å²) >= 11 is 0. The monoisotopic (exact) mass is 1590 g/mol. The highest BCUT2D eigenvalue weighted by molar-refractivity contribution is 6.17. The number of hydrogen-bond acceptors (Lipinski definition) is 4. The molecule has 8 heteroatoms. The van der Waals surface area contributed by atoms with E-state index in [4.69, 9.17) is 19.9 Å². The first kappa shape index (κ1) is 70.7. The molecule has 0 N–H and O–H groups in total. The summed E-state index contributed by atoms with van der Waals surface area (Å²) in [7, 11) is 0. The van der Waals surface area contributed by atoms with Gasteiger partial charge in [0, 0.05) is 116 Å². The fraction of sp³-hybridized carbons (Fsp3) is 0.103. The van der Waals surface area contributed by atoms with Crippen LogP contribution in [0.3, 0.4) is 0 Å². The Hall–Kier alpha value is -15.1. The van der Waals surface area contributed by atoms with Crippen LogP contribution in [-0.2, 0) is 21.7 Å². The average molecular weight is 1590 g/mol. The van der Waals surface area contributed by atoms with Crippen LogP contribution in [0.25, 0.3) is 211 Å². The van der Waals surface area contributed by atoms with Gasteiger partial charge in [-0.3, -0.25) is 9.97 Å². The smallest absolute Gasteiger partial charge is 0.160 e. The lowest BCUT2D eigenvalue weighted by molar-refractivity contribution is 0.661. The zero-order valence-electron chi connectivity index (χ0n) is 70.1. The number of benzene rings is 15. The van der Waals surface area contributed by atoms with Gasteiger partial charge in [0.05, 0.1) is 90.7 Å². The van der Waals surface area contributed by atoms with E-state index in [-0.39, 0.29) is 21.7 Å². The van der Waals surface area contributed by atoms with Gasteiger partial charge in [0.25, 0.3) is 0 Å². The lowest BCUT2D eigenvalue weighted by Crippen LogP contribution is -2.15. The van der Waals surface area contributed by atoms with Crippen molar-refractivity contribution >= 4 is 87.2 Å². The molecule has 0 unspecified atom stereocenters. The molecule has 586 valence electrons. The van der Waals surface area contributed by atoms with E-state index in [2.05, 4.69) is 414 Å². The molecule has 4 aliphatic carbocycles. The minimum Gasteiger partial charge on any atom is -0.309 e. The van der Waals surface area contributed by atoms with Gasteiger partial charge in [-0.15, -0.1) is 0 Å². The third kappa shape index (κ3) is 9.62. The normalized spacial score (nSPS) is 14.5. The summed E-state index contributed by atoms with van der Waals surface area (Å²) in [6.07, 6.45) is 8.12. The number of aromatic nitrogens is 8. The van der Waals surface area contributed by atoms with Gasteiger partial charge in [0.2, 0.25) is 0 Å². The topological polar surface area (TPSA) is 71.3 Å². The second-order valence-corrected chi connectivity index (χ2v) is 36.8. The predicted octanol–water partition coefficient (Wildman–Crippen LogP) is 29.2. The average Bonchev–Trinajstić information content (AvgIpc) is 1.56. The van der Waals surface area contributed by atoms with E-state index in [1.807, 2.05) is 12.4 Å². The molecule has 0 saturated heterocycles. The molecule has 8 nitrogen and oxygen atoms in total. The molecule has 4 aliphatic rings. The Bertz CT molecular complexity index is 8030. The Labute approximate surface area is 718 Å². The molecule has 0 saturated carbocycles. The molecule has 124 heavy (non-hydrogen) atoms. The molecular formula is C116H82N8. The fourth-order valence-corrected chi connectivity index (χ4v) is 22.9. The second-order valence-electron chi connectivity index (χ2n) is 36.8. The number of fused-ring (bicyclic) bond motifs is 24. The maximum absolute atomic E-state index is 5.79. The second kappa shape index (κ2) is 25.3. The molecule has 7 heterocycles. The molecule has 26 rings (SSSR count). The van der Waals surface area contributed by atoms with Gasteiger partial charge in [-0.1, -0.05) is 280 Å². The number of nitrogens with zero attached hydrogens (tertiary/aromatic N) is 8. The van der Waals surface area contributed by atoms with Crippen molar-refractivity contribution in [1.82, 2.24) is 38.2 Å². The van der Waals surface area contributed by atoms with Crippen molar-refractivity contribution in [2.45, 2.75) is 77.0 Å². The van der Waals surface area contributed by atoms with Gasteiger partial charge >= 0.3 is 0 Å². The maximum Gasteiger partial charge on any atom is 0.160 e. The van der Waals surface area contributed by atoms with Gasteiger partial charge in [-0.05, 0) is 192 Å². The van der Waals surface area contributed by atoms with Crippen molar-refractivity contribution < 1.29 is 0 Å². The molecule has 0 bridgehead atoms. The Morgan fingerprint density at radius 3 is 0.806 bits per heavy atom. The standard InChI is InChI=1S/C116H82N8/c1-113(2)90-38-20-12-30-70(90)82-56-86-74-34-16-24-42-100(74)121(106(86)60-94(82)113)104-54-68(46-48-78(104)80-50-52-117-65-110(80)123-102-44-26-18-36-76(102)88-58-84-72-32-14-22-40-92(72)115(5,6)96(84)62-108(88)123)98-64-99(120-112(119-98)67-28-10-9-11-29-67)69-47-49-79(105(55-69)122-101-43-25-17-35-75(101)87-57-83-71-31-13-21-39-91(71)114(3,4)95(83)61-107(87)122)81-51-53-118-66-111(81)124-103-45-27-19-37-77(103)89-59-85-73-33-15-23-41-93(73)116(7,8)97(85)63-109(89)124/h9-66H,1-8H3. The van der Waals surface area contributed by atoms with Crippen LogP contribution >= 0.6 is 0 Å². The van der Waals surface area contributed by atoms with E-state index in [9.17, 15) is 0 Å². The third-order valence-corrected chi connectivity index (χ3v) is 29.0. The van der Waals surface area contributed by atoms with E-state index in [1.54, 1.807) is 0 Å². The minimum atomic E-state index is -0.274. The van der Waals surface area contributed by atoms with E-state index in [1.165, 1.54) is 132 Å². The SMILES string of the molecule is CC1(C)c2ccccc2-c2cc3c4ccccc4n(-c4cnccc4-c4ccc(-c5cc(-c6ccc(-c7ccncc7-n7c8ccccc8c8cc9c(cc87)C(C)(C)c7ccccc7-9)c(-n7c8ccccc8c8cc9c(cc87)C(C)(C)c7ccccc7-9)c6)nc(-c6ccccc6)n5)cc4-n4c5ccccc5c5cc6c(cc54)C(C)(C)c4ccccc4-6)c3cc21. The summed E-state index contributed by atoms with van der Waals surface area (Å²) in [6.45, 7) is 19.1. The predicted molar refractivity (Wildman–Crippen MR) is 512 cm³/mol. The molecule has 0 atom stereocenters. The maximum atomic E-state index is 5.79. The Balaban J connectivity index is 0.725. The lowest BCUT2D eigenvalue weighted by atomic mass is 9.82. The molecule has 0 radical (unpaired) electrons. The Morgan fingerprint density at radius 1 is 0.194 bits per heavy atom. The highest BCUT2D eigenvalue weighted by Crippen LogP contribution is 2.58. The van der Waals surface area contributed by atoms with Crippen molar-refractivity contribution in [2.24, 2.45) is 0 Å². The Morgan fingerprint density at radius 2 is 0.476 bits per heavy atom. The molecule has 0 amide bonds. The van der Waals surface area contributed by atoms with Gasteiger partial charge in [-0.25, -0.2) is 9.97 Å². The summed E-state index contributed by atoms with van der Waals surface area (Å²) in [4.78, 5) is 21.8. The zero-order valence-corrected chi connectivity index (χ0v) is 70.1. The highest BCUT2D eigenvalue weighted by Gasteiger charge is 2.42. The van der Waals surface area contributed by atoms with Crippen LogP contribution in [0.4, 0.5) is 0 Å². The summed E-state index contributed by atoms with van der Waals surface area (Å²) in [5, 5.41) is 9.53. The molecule has 0 spiro atoms. The third-order valence-electron chi connectivity index (χ3n) is 29.0. The quantitative estimate of drug-likeness (QED) is 0.144. The van der Waals surface area contributed by atoms with Crippen LogP contribution in [0, 0.1) is 0 Å².